The molecule has 32 heavy (non-hydrogen) atoms. The Morgan fingerprint density at radius 1 is 1.06 bits per heavy atom. The van der Waals surface area contributed by atoms with Crippen molar-refractivity contribution in [3.8, 4) is 0 Å². The number of carbonyl (C=O) groups excluding carboxylic acids is 2. The number of benzene rings is 2. The predicted octanol–water partition coefficient (Wildman–Crippen LogP) is 4.30. The molecule has 4 aromatic rings. The molecule has 2 atom stereocenters. The molecule has 2 aromatic heterocycles. The van der Waals surface area contributed by atoms with E-state index in [4.69, 9.17) is 16.0 Å². The number of fused-ring (bicyclic) bond motifs is 4. The lowest BCUT2D eigenvalue weighted by Crippen LogP contribution is -2.62. The Morgan fingerprint density at radius 2 is 1.94 bits per heavy atom. The number of hydrogen-bond donors (Lipinski definition) is 1. The SMILES string of the molecule is O=C1[C@@H]2Cc3c([nH]c4ccccc34)C(c3cccc(Cl)c3)N2C(=O)CN1Cc1ccco1. The standard InChI is InChI=1S/C25H20ClN3O3/c26-16-6-3-5-15(11-16)24-23-19(18-8-1-2-9-20(18)27-23)12-21-25(31)28(14-22(30)29(21)24)13-17-7-4-10-32-17/h1-11,21,24,27H,12-14H2/t21-,24?/m0/s1. The van der Waals surface area contributed by atoms with E-state index in [-0.39, 0.29) is 24.9 Å². The van der Waals surface area contributed by atoms with Gasteiger partial charge in [0.05, 0.1) is 18.8 Å². The van der Waals surface area contributed by atoms with Crippen molar-refractivity contribution < 1.29 is 14.0 Å². The number of rotatable bonds is 3. The molecule has 0 aliphatic carbocycles. The number of para-hydroxylation sites is 1. The number of amides is 2. The van der Waals surface area contributed by atoms with E-state index in [1.54, 1.807) is 22.1 Å². The smallest absolute Gasteiger partial charge is 0.246 e. The minimum Gasteiger partial charge on any atom is -0.467 e. The Bertz CT molecular complexity index is 1340. The fourth-order valence-corrected chi connectivity index (χ4v) is 5.27. The summed E-state index contributed by atoms with van der Waals surface area (Å²) in [4.78, 5) is 33.9. The summed E-state index contributed by atoms with van der Waals surface area (Å²) in [6.45, 7) is 0.299. The number of hydrogen-bond acceptors (Lipinski definition) is 3. The molecule has 1 unspecified atom stereocenters. The molecule has 2 aliphatic heterocycles. The van der Waals surface area contributed by atoms with E-state index in [2.05, 4.69) is 11.1 Å². The molecule has 0 bridgehead atoms. The molecule has 1 fully saturated rings. The van der Waals surface area contributed by atoms with Crippen LogP contribution in [0, 0.1) is 0 Å². The van der Waals surface area contributed by atoms with Crippen LogP contribution in [-0.2, 0) is 22.6 Å². The van der Waals surface area contributed by atoms with Gasteiger partial charge in [-0.3, -0.25) is 9.59 Å². The fourth-order valence-electron chi connectivity index (χ4n) is 5.07. The number of halogens is 1. The number of aromatic nitrogens is 1. The highest BCUT2D eigenvalue weighted by atomic mass is 35.5. The maximum absolute atomic E-state index is 13.6. The molecule has 2 aliphatic rings. The summed E-state index contributed by atoms with van der Waals surface area (Å²) in [6, 6.07) is 18.2. The first-order chi connectivity index (χ1) is 15.6. The van der Waals surface area contributed by atoms with Gasteiger partial charge < -0.3 is 19.2 Å². The van der Waals surface area contributed by atoms with Gasteiger partial charge in [-0.1, -0.05) is 41.9 Å². The van der Waals surface area contributed by atoms with E-state index in [0.717, 1.165) is 27.7 Å². The number of nitrogens with zero attached hydrogens (tertiary/aromatic N) is 2. The van der Waals surface area contributed by atoms with E-state index in [1.165, 1.54) is 0 Å². The first-order valence-electron chi connectivity index (χ1n) is 10.6. The number of aromatic amines is 1. The monoisotopic (exact) mass is 445 g/mol. The second-order valence-corrected chi connectivity index (χ2v) is 8.75. The zero-order valence-corrected chi connectivity index (χ0v) is 17.9. The van der Waals surface area contributed by atoms with E-state index < -0.39 is 12.1 Å². The van der Waals surface area contributed by atoms with Crippen LogP contribution in [0.4, 0.5) is 0 Å². The van der Waals surface area contributed by atoms with Gasteiger partial charge in [0.1, 0.15) is 18.3 Å². The summed E-state index contributed by atoms with van der Waals surface area (Å²) in [5.41, 5.74) is 3.91. The van der Waals surface area contributed by atoms with E-state index in [0.29, 0.717) is 17.2 Å². The van der Waals surface area contributed by atoms with Crippen LogP contribution < -0.4 is 0 Å². The molecule has 160 valence electrons. The van der Waals surface area contributed by atoms with Crippen LogP contribution in [0.3, 0.4) is 0 Å². The van der Waals surface area contributed by atoms with Gasteiger partial charge in [-0.05, 0) is 41.5 Å². The largest absolute Gasteiger partial charge is 0.467 e. The lowest BCUT2D eigenvalue weighted by molar-refractivity contribution is -0.159. The molecule has 0 saturated carbocycles. The van der Waals surface area contributed by atoms with Crippen LogP contribution in [0.1, 0.15) is 28.6 Å². The van der Waals surface area contributed by atoms with Gasteiger partial charge in [0.25, 0.3) is 0 Å². The van der Waals surface area contributed by atoms with Crippen LogP contribution in [0.15, 0.2) is 71.3 Å². The number of furan rings is 1. The maximum Gasteiger partial charge on any atom is 0.246 e. The fraction of sp³-hybridized carbons (Fsp3) is 0.200. The summed E-state index contributed by atoms with van der Waals surface area (Å²) >= 11 is 6.31. The lowest BCUT2D eigenvalue weighted by atomic mass is 9.86. The third-order valence-corrected chi connectivity index (χ3v) is 6.67. The predicted molar refractivity (Wildman–Crippen MR) is 120 cm³/mol. The quantitative estimate of drug-likeness (QED) is 0.511. The summed E-state index contributed by atoms with van der Waals surface area (Å²) in [7, 11) is 0. The molecular weight excluding hydrogens is 426 g/mol. The molecule has 6 nitrogen and oxygen atoms in total. The van der Waals surface area contributed by atoms with Crippen molar-refractivity contribution in [2.45, 2.75) is 25.0 Å². The molecule has 2 amide bonds. The van der Waals surface area contributed by atoms with Crippen LogP contribution >= 0.6 is 11.6 Å². The molecule has 4 heterocycles. The first-order valence-corrected chi connectivity index (χ1v) is 11.0. The van der Waals surface area contributed by atoms with E-state index >= 15 is 0 Å². The molecular formula is C25H20ClN3O3. The second-order valence-electron chi connectivity index (χ2n) is 8.31. The molecule has 6 rings (SSSR count). The first kappa shape index (κ1) is 19.2. The summed E-state index contributed by atoms with van der Waals surface area (Å²) in [5.74, 6) is 0.508. The minimum atomic E-state index is -0.582. The summed E-state index contributed by atoms with van der Waals surface area (Å²) in [5, 5.41) is 1.68. The molecule has 0 radical (unpaired) electrons. The Hall–Kier alpha value is -3.51. The van der Waals surface area contributed by atoms with Gasteiger partial charge in [0.2, 0.25) is 11.8 Å². The average Bonchev–Trinajstić information content (AvgIpc) is 3.43. The molecule has 1 saturated heterocycles. The van der Waals surface area contributed by atoms with Crippen LogP contribution in [0.25, 0.3) is 10.9 Å². The van der Waals surface area contributed by atoms with Crippen molar-refractivity contribution in [1.29, 1.82) is 0 Å². The Kier molecular flexibility index (Phi) is 4.36. The second kappa shape index (κ2) is 7.28. The highest BCUT2D eigenvalue weighted by Crippen LogP contribution is 2.43. The van der Waals surface area contributed by atoms with Gasteiger partial charge in [-0.25, -0.2) is 0 Å². The third-order valence-electron chi connectivity index (χ3n) is 6.43. The van der Waals surface area contributed by atoms with Crippen molar-refractivity contribution in [2.24, 2.45) is 0 Å². The van der Waals surface area contributed by atoms with Crippen molar-refractivity contribution in [3.63, 3.8) is 0 Å². The van der Waals surface area contributed by atoms with Gasteiger partial charge >= 0.3 is 0 Å². The van der Waals surface area contributed by atoms with E-state index in [9.17, 15) is 9.59 Å². The minimum absolute atomic E-state index is 0.0165. The summed E-state index contributed by atoms with van der Waals surface area (Å²) in [6.07, 6.45) is 2.04. The number of carbonyl (C=O) groups is 2. The van der Waals surface area contributed by atoms with Crippen LogP contribution in [-0.4, -0.2) is 39.2 Å². The number of piperazine rings is 1. The zero-order valence-electron chi connectivity index (χ0n) is 17.1. The van der Waals surface area contributed by atoms with Crippen molar-refractivity contribution in [3.05, 3.63) is 94.5 Å². The Balaban J connectivity index is 1.49. The molecule has 7 heteroatoms. The number of H-pyrrole nitrogens is 1. The van der Waals surface area contributed by atoms with Gasteiger partial charge in [-0.15, -0.1) is 0 Å². The molecule has 2 aromatic carbocycles. The van der Waals surface area contributed by atoms with Crippen LogP contribution in [0.2, 0.25) is 5.02 Å². The van der Waals surface area contributed by atoms with E-state index in [1.807, 2.05) is 48.5 Å². The van der Waals surface area contributed by atoms with Crippen molar-refractivity contribution in [1.82, 2.24) is 14.8 Å². The normalized spacial score (nSPS) is 20.5. The maximum atomic E-state index is 13.6. The lowest BCUT2D eigenvalue weighted by Gasteiger charge is -2.47. The van der Waals surface area contributed by atoms with Crippen LogP contribution in [0.5, 0.6) is 0 Å². The highest BCUT2D eigenvalue weighted by Gasteiger charge is 2.48. The average molecular weight is 446 g/mol. The Morgan fingerprint density at radius 3 is 2.75 bits per heavy atom. The molecule has 0 spiro atoms. The summed E-state index contributed by atoms with van der Waals surface area (Å²) < 4.78 is 5.42. The topological polar surface area (TPSA) is 69.6 Å². The molecule has 1 N–H and O–H groups in total. The van der Waals surface area contributed by atoms with Crippen molar-refractivity contribution in [2.75, 3.05) is 6.54 Å². The zero-order chi connectivity index (χ0) is 21.8. The number of nitrogens with one attached hydrogen (secondary N) is 1. The van der Waals surface area contributed by atoms with Crippen molar-refractivity contribution >= 4 is 34.3 Å². The third kappa shape index (κ3) is 2.94. The van der Waals surface area contributed by atoms with Gasteiger partial charge in [0.15, 0.2) is 0 Å². The Labute approximate surface area is 189 Å². The van der Waals surface area contributed by atoms with Gasteiger partial charge in [0, 0.05) is 28.0 Å². The highest BCUT2D eigenvalue weighted by molar-refractivity contribution is 6.30. The van der Waals surface area contributed by atoms with Gasteiger partial charge in [-0.2, -0.15) is 0 Å².